The summed E-state index contributed by atoms with van der Waals surface area (Å²) >= 11 is 0. The molecule has 1 heterocycles. The van der Waals surface area contributed by atoms with Crippen LogP contribution in [0.25, 0.3) is 11.3 Å². The SMILES string of the molecule is Cc1ccccc1-c1nc(OCCN(C)C)ncc1C(=O)O. The molecule has 0 spiro atoms. The first-order valence-electron chi connectivity index (χ1n) is 6.93. The van der Waals surface area contributed by atoms with Crippen molar-refractivity contribution in [3.63, 3.8) is 0 Å². The van der Waals surface area contributed by atoms with E-state index in [0.717, 1.165) is 17.7 Å². The van der Waals surface area contributed by atoms with E-state index in [1.54, 1.807) is 0 Å². The third kappa shape index (κ3) is 3.79. The molecule has 0 aliphatic carbocycles. The molecule has 0 unspecified atom stereocenters. The highest BCUT2D eigenvalue weighted by molar-refractivity contribution is 5.94. The largest absolute Gasteiger partial charge is 0.478 e. The smallest absolute Gasteiger partial charge is 0.339 e. The van der Waals surface area contributed by atoms with Gasteiger partial charge in [0, 0.05) is 18.3 Å². The predicted octanol–water partition coefficient (Wildman–Crippen LogP) is 2.09. The van der Waals surface area contributed by atoms with E-state index in [2.05, 4.69) is 9.97 Å². The highest BCUT2D eigenvalue weighted by atomic mass is 16.5. The Kier molecular flexibility index (Phi) is 5.06. The van der Waals surface area contributed by atoms with Crippen LogP contribution in [0.2, 0.25) is 0 Å². The number of ether oxygens (including phenoxy) is 1. The summed E-state index contributed by atoms with van der Waals surface area (Å²) in [6.07, 6.45) is 1.29. The van der Waals surface area contributed by atoms with Crippen molar-refractivity contribution in [2.75, 3.05) is 27.2 Å². The van der Waals surface area contributed by atoms with E-state index in [0.29, 0.717) is 12.3 Å². The fraction of sp³-hybridized carbons (Fsp3) is 0.312. The Bertz CT molecular complexity index is 671. The van der Waals surface area contributed by atoms with Crippen LogP contribution in [0.4, 0.5) is 0 Å². The van der Waals surface area contributed by atoms with Gasteiger partial charge in [0.15, 0.2) is 0 Å². The lowest BCUT2D eigenvalue weighted by Crippen LogP contribution is -2.20. The Hall–Kier alpha value is -2.47. The van der Waals surface area contributed by atoms with Gasteiger partial charge in [0.25, 0.3) is 0 Å². The van der Waals surface area contributed by atoms with Crippen molar-refractivity contribution in [1.82, 2.24) is 14.9 Å². The lowest BCUT2D eigenvalue weighted by atomic mass is 10.0. The van der Waals surface area contributed by atoms with Crippen LogP contribution in [-0.2, 0) is 0 Å². The van der Waals surface area contributed by atoms with Crippen LogP contribution in [0.1, 0.15) is 15.9 Å². The third-order valence-corrected chi connectivity index (χ3v) is 3.17. The molecule has 0 saturated heterocycles. The van der Waals surface area contributed by atoms with Crippen LogP contribution in [0, 0.1) is 6.92 Å². The quantitative estimate of drug-likeness (QED) is 0.880. The first-order valence-corrected chi connectivity index (χ1v) is 6.93. The lowest BCUT2D eigenvalue weighted by molar-refractivity contribution is 0.0696. The molecule has 6 heteroatoms. The zero-order valence-electron chi connectivity index (χ0n) is 12.9. The first kappa shape index (κ1) is 15.9. The molecule has 116 valence electrons. The fourth-order valence-electron chi connectivity index (χ4n) is 1.96. The molecule has 0 aliphatic rings. The van der Waals surface area contributed by atoms with E-state index in [1.165, 1.54) is 6.20 Å². The van der Waals surface area contributed by atoms with Crippen molar-refractivity contribution in [3.8, 4) is 17.3 Å². The van der Waals surface area contributed by atoms with E-state index < -0.39 is 5.97 Å². The van der Waals surface area contributed by atoms with Gasteiger partial charge in [-0.2, -0.15) is 4.98 Å². The van der Waals surface area contributed by atoms with Crippen LogP contribution >= 0.6 is 0 Å². The number of likely N-dealkylation sites (N-methyl/N-ethyl adjacent to an activating group) is 1. The first-order chi connectivity index (χ1) is 10.5. The summed E-state index contributed by atoms with van der Waals surface area (Å²) in [7, 11) is 3.88. The second kappa shape index (κ2) is 7.00. The molecule has 0 atom stereocenters. The number of carbonyl (C=O) groups is 1. The van der Waals surface area contributed by atoms with E-state index in [-0.39, 0.29) is 11.6 Å². The van der Waals surface area contributed by atoms with Crippen molar-refractivity contribution in [2.45, 2.75) is 6.92 Å². The number of benzene rings is 1. The normalized spacial score (nSPS) is 10.7. The molecule has 0 amide bonds. The number of hydrogen-bond donors (Lipinski definition) is 1. The van der Waals surface area contributed by atoms with Crippen molar-refractivity contribution >= 4 is 5.97 Å². The summed E-state index contributed by atoms with van der Waals surface area (Å²) in [6, 6.07) is 7.69. The van der Waals surface area contributed by atoms with E-state index in [4.69, 9.17) is 4.74 Å². The van der Waals surface area contributed by atoms with Crippen molar-refractivity contribution in [2.24, 2.45) is 0 Å². The molecule has 1 N–H and O–H groups in total. The number of aromatic carboxylic acids is 1. The Balaban J connectivity index is 2.37. The van der Waals surface area contributed by atoms with Crippen LogP contribution < -0.4 is 4.74 Å². The number of hydrogen-bond acceptors (Lipinski definition) is 5. The predicted molar refractivity (Wildman–Crippen MR) is 83.2 cm³/mol. The zero-order chi connectivity index (χ0) is 16.1. The van der Waals surface area contributed by atoms with Crippen LogP contribution in [0.5, 0.6) is 6.01 Å². The van der Waals surface area contributed by atoms with E-state index in [1.807, 2.05) is 50.2 Å². The molecule has 2 aromatic rings. The Morgan fingerprint density at radius 2 is 2.05 bits per heavy atom. The molecule has 1 aromatic heterocycles. The van der Waals surface area contributed by atoms with Gasteiger partial charge in [-0.1, -0.05) is 24.3 Å². The van der Waals surface area contributed by atoms with Gasteiger partial charge in [-0.05, 0) is 26.6 Å². The van der Waals surface area contributed by atoms with Crippen molar-refractivity contribution < 1.29 is 14.6 Å². The van der Waals surface area contributed by atoms with E-state index >= 15 is 0 Å². The highest BCUT2D eigenvalue weighted by Crippen LogP contribution is 2.26. The van der Waals surface area contributed by atoms with Gasteiger partial charge in [0.05, 0.1) is 5.69 Å². The average molecular weight is 301 g/mol. The standard InChI is InChI=1S/C16H19N3O3/c1-11-6-4-5-7-12(11)14-13(15(20)21)10-17-16(18-14)22-9-8-19(2)3/h4-7,10H,8-9H2,1-3H3,(H,20,21). The van der Waals surface area contributed by atoms with Gasteiger partial charge in [-0.3, -0.25) is 0 Å². The van der Waals surface area contributed by atoms with Gasteiger partial charge < -0.3 is 14.7 Å². The maximum Gasteiger partial charge on any atom is 0.339 e. The minimum atomic E-state index is -1.06. The maximum atomic E-state index is 11.4. The fourth-order valence-corrected chi connectivity index (χ4v) is 1.96. The van der Waals surface area contributed by atoms with Gasteiger partial charge in [-0.25, -0.2) is 9.78 Å². The lowest BCUT2D eigenvalue weighted by Gasteiger charge is -2.12. The molecule has 1 aromatic carbocycles. The summed E-state index contributed by atoms with van der Waals surface area (Å²) < 4.78 is 5.50. The Morgan fingerprint density at radius 3 is 2.68 bits per heavy atom. The molecular weight excluding hydrogens is 282 g/mol. The Morgan fingerprint density at radius 1 is 1.32 bits per heavy atom. The van der Waals surface area contributed by atoms with Crippen LogP contribution in [0.15, 0.2) is 30.5 Å². The second-order valence-corrected chi connectivity index (χ2v) is 5.19. The maximum absolute atomic E-state index is 11.4. The monoisotopic (exact) mass is 301 g/mol. The molecule has 0 aliphatic heterocycles. The summed E-state index contributed by atoms with van der Waals surface area (Å²) in [5.74, 6) is -1.06. The highest BCUT2D eigenvalue weighted by Gasteiger charge is 2.17. The van der Waals surface area contributed by atoms with Crippen LogP contribution in [-0.4, -0.2) is 53.2 Å². The van der Waals surface area contributed by atoms with Gasteiger partial charge in [0.2, 0.25) is 0 Å². The van der Waals surface area contributed by atoms with Gasteiger partial charge in [0.1, 0.15) is 12.2 Å². The van der Waals surface area contributed by atoms with Crippen molar-refractivity contribution in [1.29, 1.82) is 0 Å². The number of carboxylic acids is 1. The molecule has 0 fully saturated rings. The Labute approximate surface area is 129 Å². The van der Waals surface area contributed by atoms with Gasteiger partial charge >= 0.3 is 12.0 Å². The summed E-state index contributed by atoms with van der Waals surface area (Å²) in [4.78, 5) is 21.6. The molecule has 0 radical (unpaired) electrons. The van der Waals surface area contributed by atoms with Crippen molar-refractivity contribution in [3.05, 3.63) is 41.6 Å². The third-order valence-electron chi connectivity index (χ3n) is 3.17. The summed E-state index contributed by atoms with van der Waals surface area (Å²) in [5.41, 5.74) is 2.15. The molecule has 22 heavy (non-hydrogen) atoms. The summed E-state index contributed by atoms with van der Waals surface area (Å²) in [6.45, 7) is 3.08. The van der Waals surface area contributed by atoms with Crippen LogP contribution in [0.3, 0.4) is 0 Å². The second-order valence-electron chi connectivity index (χ2n) is 5.19. The minimum absolute atomic E-state index is 0.0641. The van der Waals surface area contributed by atoms with E-state index in [9.17, 15) is 9.90 Å². The topological polar surface area (TPSA) is 75.5 Å². The average Bonchev–Trinajstić information content (AvgIpc) is 2.47. The molecule has 2 rings (SSSR count). The molecule has 0 bridgehead atoms. The minimum Gasteiger partial charge on any atom is -0.478 e. The number of nitrogens with zero attached hydrogens (tertiary/aromatic N) is 3. The number of carboxylic acid groups (broad SMARTS) is 1. The molecule has 0 saturated carbocycles. The number of rotatable bonds is 6. The number of aromatic nitrogens is 2. The number of aryl methyl sites for hydroxylation is 1. The summed E-state index contributed by atoms with van der Waals surface area (Å²) in [5, 5.41) is 9.33. The zero-order valence-corrected chi connectivity index (χ0v) is 12.9. The van der Waals surface area contributed by atoms with Gasteiger partial charge in [-0.15, -0.1) is 0 Å². The molecule has 6 nitrogen and oxygen atoms in total. The molecular formula is C16H19N3O3.